The van der Waals surface area contributed by atoms with Crippen molar-refractivity contribution in [3.05, 3.63) is 176 Å². The maximum atomic E-state index is 6.21. The second-order valence-corrected chi connectivity index (χ2v) is 14.8. The Morgan fingerprint density at radius 1 is 0.368 bits per heavy atom. The van der Waals surface area contributed by atoms with E-state index in [1.54, 1.807) is 0 Å². The van der Waals surface area contributed by atoms with Crippen LogP contribution in [0.3, 0.4) is 0 Å². The van der Waals surface area contributed by atoms with Gasteiger partial charge in [-0.15, -0.1) is 0 Å². The molecular weight excluding hydrogens is 699 g/mol. The molecule has 0 spiro atoms. The number of fused-ring (bicyclic) bond motifs is 15. The molecule has 57 heavy (non-hydrogen) atoms. The maximum Gasteiger partial charge on any atom is 0.238 e. The third-order valence-electron chi connectivity index (χ3n) is 11.7. The van der Waals surface area contributed by atoms with Crippen LogP contribution >= 0.6 is 0 Å². The third kappa shape index (κ3) is 4.21. The summed E-state index contributed by atoms with van der Waals surface area (Å²) in [7, 11) is 0. The van der Waals surface area contributed by atoms with Crippen molar-refractivity contribution in [1.82, 2.24) is 24.1 Å². The van der Waals surface area contributed by atoms with Crippen molar-refractivity contribution < 1.29 is 4.42 Å². The van der Waals surface area contributed by atoms with Crippen molar-refractivity contribution in [3.8, 4) is 56.7 Å². The summed E-state index contributed by atoms with van der Waals surface area (Å²) in [6.07, 6.45) is 0. The number of hydrogen-bond donors (Lipinski definition) is 0. The van der Waals surface area contributed by atoms with E-state index >= 15 is 0 Å². The molecule has 5 heterocycles. The van der Waals surface area contributed by atoms with Gasteiger partial charge in [0.25, 0.3) is 0 Å². The third-order valence-corrected chi connectivity index (χ3v) is 11.7. The van der Waals surface area contributed by atoms with E-state index in [-0.39, 0.29) is 0 Å². The fraction of sp³-hybridized carbons (Fsp3) is 0. The molecule has 4 aromatic heterocycles. The quantitative estimate of drug-likeness (QED) is 0.182. The SMILES string of the molecule is c1ccc(-c2nc(-c3ccc4oc5ccccc5c4c3)nc(-n3c4ccccc4c4cc5c6c(c7ccccc7n6-c6ccccc6-c6ccccc6-5)c43)n2)cc1. The molecule has 264 valence electrons. The smallest absolute Gasteiger partial charge is 0.238 e. The molecule has 0 unspecified atom stereocenters. The minimum atomic E-state index is 0.559. The van der Waals surface area contributed by atoms with Gasteiger partial charge < -0.3 is 8.98 Å². The summed E-state index contributed by atoms with van der Waals surface area (Å²) in [5.41, 5.74) is 13.9. The van der Waals surface area contributed by atoms with E-state index in [9.17, 15) is 0 Å². The van der Waals surface area contributed by atoms with Crippen LogP contribution in [0.5, 0.6) is 0 Å². The second kappa shape index (κ2) is 11.4. The number of aromatic nitrogens is 5. The molecule has 8 aromatic carbocycles. The molecular formula is C51H29N5O. The lowest BCUT2D eigenvalue weighted by Crippen LogP contribution is -2.06. The molecule has 0 saturated carbocycles. The summed E-state index contributed by atoms with van der Waals surface area (Å²) in [5.74, 6) is 1.76. The normalized spacial score (nSPS) is 12.2. The molecule has 1 aliphatic rings. The molecule has 0 fully saturated rings. The van der Waals surface area contributed by atoms with Crippen molar-refractivity contribution in [1.29, 1.82) is 0 Å². The van der Waals surface area contributed by atoms with E-state index in [4.69, 9.17) is 19.4 Å². The molecule has 13 rings (SSSR count). The van der Waals surface area contributed by atoms with Crippen molar-refractivity contribution in [2.75, 3.05) is 0 Å². The zero-order chi connectivity index (χ0) is 37.2. The molecule has 0 atom stereocenters. The highest BCUT2D eigenvalue weighted by atomic mass is 16.3. The lowest BCUT2D eigenvalue weighted by molar-refractivity contribution is 0.669. The first-order valence-corrected chi connectivity index (χ1v) is 19.2. The van der Waals surface area contributed by atoms with Gasteiger partial charge in [0.1, 0.15) is 11.2 Å². The van der Waals surface area contributed by atoms with Gasteiger partial charge in [-0.2, -0.15) is 9.97 Å². The zero-order valence-electron chi connectivity index (χ0n) is 30.4. The van der Waals surface area contributed by atoms with E-state index < -0.39 is 0 Å². The molecule has 0 aliphatic carbocycles. The monoisotopic (exact) mass is 727 g/mol. The maximum absolute atomic E-state index is 6.21. The summed E-state index contributed by atoms with van der Waals surface area (Å²) in [4.78, 5) is 15.9. The van der Waals surface area contributed by atoms with E-state index in [0.717, 1.165) is 71.5 Å². The molecule has 0 saturated heterocycles. The standard InChI is InChI=1S/C51H29N5O/c1-2-14-30(15-3-1)49-52-50(31-26-27-45-38(28-31)36-20-9-13-25-44(36)57-45)54-51(53-49)56-42-23-11-7-19-35(42)40-29-39-33-17-5-4-16-32(33)34-18-6-10-22-41(34)55-43-24-12-8-21-37(43)46(47(39)55)48(40)56/h1-29H. The van der Waals surface area contributed by atoms with Crippen LogP contribution in [0.2, 0.25) is 0 Å². The molecule has 6 heteroatoms. The van der Waals surface area contributed by atoms with Gasteiger partial charge in [0.05, 0.1) is 27.8 Å². The molecule has 6 nitrogen and oxygen atoms in total. The van der Waals surface area contributed by atoms with Gasteiger partial charge in [-0.25, -0.2) is 4.98 Å². The number of benzene rings is 8. The highest BCUT2D eigenvalue weighted by molar-refractivity contribution is 6.30. The second-order valence-electron chi connectivity index (χ2n) is 14.8. The van der Waals surface area contributed by atoms with Crippen LogP contribution in [-0.2, 0) is 0 Å². The van der Waals surface area contributed by atoms with Crippen LogP contribution in [0, 0.1) is 0 Å². The van der Waals surface area contributed by atoms with Gasteiger partial charge in [0.15, 0.2) is 11.6 Å². The van der Waals surface area contributed by atoms with Crippen LogP contribution < -0.4 is 0 Å². The van der Waals surface area contributed by atoms with Crippen molar-refractivity contribution in [2.24, 2.45) is 0 Å². The first-order valence-electron chi connectivity index (χ1n) is 19.2. The number of furan rings is 1. The Morgan fingerprint density at radius 2 is 0.982 bits per heavy atom. The predicted molar refractivity (Wildman–Crippen MR) is 231 cm³/mol. The van der Waals surface area contributed by atoms with Crippen LogP contribution in [0.15, 0.2) is 180 Å². The first-order chi connectivity index (χ1) is 28.3. The van der Waals surface area contributed by atoms with Crippen molar-refractivity contribution in [3.63, 3.8) is 0 Å². The largest absolute Gasteiger partial charge is 0.456 e. The van der Waals surface area contributed by atoms with E-state index in [0.29, 0.717) is 17.6 Å². The fourth-order valence-electron chi connectivity index (χ4n) is 9.29. The average Bonchev–Trinajstić information content (AvgIpc) is 3.91. The molecule has 0 bridgehead atoms. The Labute approximate surface area is 325 Å². The van der Waals surface area contributed by atoms with Crippen LogP contribution in [0.1, 0.15) is 0 Å². The van der Waals surface area contributed by atoms with Crippen molar-refractivity contribution >= 4 is 65.6 Å². The summed E-state index contributed by atoms with van der Waals surface area (Å²) < 4.78 is 10.9. The summed E-state index contributed by atoms with van der Waals surface area (Å²) in [6.45, 7) is 0. The topological polar surface area (TPSA) is 61.7 Å². The van der Waals surface area contributed by atoms with E-state index in [2.05, 4.69) is 137 Å². The first kappa shape index (κ1) is 30.5. The van der Waals surface area contributed by atoms with Gasteiger partial charge in [-0.05, 0) is 59.7 Å². The van der Waals surface area contributed by atoms with Crippen LogP contribution in [-0.4, -0.2) is 24.1 Å². The van der Waals surface area contributed by atoms with E-state index in [1.165, 1.54) is 33.2 Å². The number of hydrogen-bond acceptors (Lipinski definition) is 4. The van der Waals surface area contributed by atoms with Crippen molar-refractivity contribution in [2.45, 2.75) is 0 Å². The number of nitrogens with zero attached hydrogens (tertiary/aromatic N) is 5. The van der Waals surface area contributed by atoms with Gasteiger partial charge in [0.2, 0.25) is 5.95 Å². The minimum absolute atomic E-state index is 0.559. The fourth-order valence-corrected chi connectivity index (χ4v) is 9.29. The average molecular weight is 728 g/mol. The van der Waals surface area contributed by atoms with Crippen LogP contribution in [0.25, 0.3) is 122 Å². The Balaban J connectivity index is 1.19. The van der Waals surface area contributed by atoms with Gasteiger partial charge >= 0.3 is 0 Å². The highest BCUT2D eigenvalue weighted by Gasteiger charge is 2.29. The Kier molecular flexibility index (Phi) is 6.07. The molecule has 1 aliphatic heterocycles. The Bertz CT molecular complexity index is 3650. The Morgan fingerprint density at radius 3 is 1.81 bits per heavy atom. The number of rotatable bonds is 3. The lowest BCUT2D eigenvalue weighted by Gasteiger charge is -2.13. The molecule has 0 radical (unpaired) electrons. The summed E-state index contributed by atoms with van der Waals surface area (Å²) >= 11 is 0. The predicted octanol–water partition coefficient (Wildman–Crippen LogP) is 12.9. The molecule has 12 aromatic rings. The summed E-state index contributed by atoms with van der Waals surface area (Å²) in [6, 6.07) is 62.0. The van der Waals surface area contributed by atoms with Gasteiger partial charge in [-0.1, -0.05) is 127 Å². The van der Waals surface area contributed by atoms with Crippen LogP contribution in [0.4, 0.5) is 0 Å². The summed E-state index contributed by atoms with van der Waals surface area (Å²) in [5, 5.41) is 6.70. The Hall–Kier alpha value is -7.83. The zero-order valence-corrected chi connectivity index (χ0v) is 30.4. The molecule has 0 N–H and O–H groups in total. The van der Waals surface area contributed by atoms with Gasteiger partial charge in [-0.3, -0.25) is 4.57 Å². The molecule has 0 amide bonds. The lowest BCUT2D eigenvalue weighted by atomic mass is 9.92. The minimum Gasteiger partial charge on any atom is -0.456 e. The van der Waals surface area contributed by atoms with Gasteiger partial charge in [0, 0.05) is 54.6 Å². The van der Waals surface area contributed by atoms with E-state index in [1.807, 2.05) is 48.5 Å². The highest BCUT2D eigenvalue weighted by Crippen LogP contribution is 2.50. The number of para-hydroxylation sites is 4.